The van der Waals surface area contributed by atoms with E-state index < -0.39 is 0 Å². The van der Waals surface area contributed by atoms with Gasteiger partial charge in [-0.2, -0.15) is 0 Å². The minimum atomic E-state index is -0.237. The quantitative estimate of drug-likeness (QED) is 0.726. The number of hydrogen-bond donors (Lipinski definition) is 1. The predicted molar refractivity (Wildman–Crippen MR) is 85.2 cm³/mol. The summed E-state index contributed by atoms with van der Waals surface area (Å²) in [6, 6.07) is 14.4. The molecule has 2 rings (SSSR count). The van der Waals surface area contributed by atoms with Crippen LogP contribution >= 0.6 is 0 Å². The van der Waals surface area contributed by atoms with E-state index in [0.29, 0.717) is 6.61 Å². The molecule has 0 aliphatic rings. The van der Waals surface area contributed by atoms with Gasteiger partial charge in [0, 0.05) is 5.69 Å². The molecule has 0 heterocycles. The number of rotatable bonds is 7. The van der Waals surface area contributed by atoms with Crippen LogP contribution in [0, 0.1) is 5.82 Å². The molecule has 0 saturated carbocycles. The average molecular weight is 285 g/mol. The standard InChI is InChI=1S/C18H20FNO/c1-3-6-18(20-16-11-9-15(19)10-12-16)14-7-5-8-17(13-14)21-4-2/h3,5,7-13,18,20H,1,4,6H2,2H3. The molecule has 0 fully saturated rings. The van der Waals surface area contributed by atoms with E-state index >= 15 is 0 Å². The molecule has 0 bridgehead atoms. The van der Waals surface area contributed by atoms with E-state index in [-0.39, 0.29) is 11.9 Å². The van der Waals surface area contributed by atoms with Gasteiger partial charge in [0.1, 0.15) is 11.6 Å². The Kier molecular flexibility index (Phi) is 5.38. The zero-order valence-electron chi connectivity index (χ0n) is 12.2. The summed E-state index contributed by atoms with van der Waals surface area (Å²) in [5.41, 5.74) is 2.00. The Hall–Kier alpha value is -2.29. The molecule has 0 aliphatic heterocycles. The number of ether oxygens (including phenoxy) is 1. The molecule has 1 atom stereocenters. The lowest BCUT2D eigenvalue weighted by atomic mass is 10.0. The maximum Gasteiger partial charge on any atom is 0.123 e. The first-order chi connectivity index (χ1) is 10.2. The largest absolute Gasteiger partial charge is 0.494 e. The van der Waals surface area contributed by atoms with Crippen molar-refractivity contribution in [2.45, 2.75) is 19.4 Å². The summed E-state index contributed by atoms with van der Waals surface area (Å²) in [5, 5.41) is 3.40. The van der Waals surface area contributed by atoms with Crippen molar-refractivity contribution < 1.29 is 9.13 Å². The van der Waals surface area contributed by atoms with Gasteiger partial charge >= 0.3 is 0 Å². The van der Waals surface area contributed by atoms with E-state index in [0.717, 1.165) is 23.4 Å². The Morgan fingerprint density at radius 2 is 2.00 bits per heavy atom. The molecule has 21 heavy (non-hydrogen) atoms. The first-order valence-corrected chi connectivity index (χ1v) is 7.08. The molecule has 2 nitrogen and oxygen atoms in total. The fourth-order valence-corrected chi connectivity index (χ4v) is 2.18. The van der Waals surface area contributed by atoms with Gasteiger partial charge in [0.25, 0.3) is 0 Å². The fourth-order valence-electron chi connectivity index (χ4n) is 2.18. The lowest BCUT2D eigenvalue weighted by molar-refractivity contribution is 0.339. The molecule has 3 heteroatoms. The summed E-state index contributed by atoms with van der Waals surface area (Å²) in [6.07, 6.45) is 2.64. The normalized spacial score (nSPS) is 11.7. The van der Waals surface area contributed by atoms with Gasteiger partial charge < -0.3 is 10.1 Å². The number of hydrogen-bond acceptors (Lipinski definition) is 2. The maximum absolute atomic E-state index is 13.0. The van der Waals surface area contributed by atoms with Crippen molar-refractivity contribution in [3.05, 3.63) is 72.6 Å². The van der Waals surface area contributed by atoms with Gasteiger partial charge in [0.2, 0.25) is 0 Å². The highest BCUT2D eigenvalue weighted by Crippen LogP contribution is 2.26. The summed E-state index contributed by atoms with van der Waals surface area (Å²) in [6.45, 7) is 6.41. The molecule has 2 aromatic carbocycles. The molecule has 1 N–H and O–H groups in total. The third-order valence-corrected chi connectivity index (χ3v) is 3.16. The van der Waals surface area contributed by atoms with E-state index in [1.807, 2.05) is 37.3 Å². The number of nitrogens with one attached hydrogen (secondary N) is 1. The van der Waals surface area contributed by atoms with Crippen LogP contribution in [-0.2, 0) is 0 Å². The Morgan fingerprint density at radius 3 is 2.67 bits per heavy atom. The lowest BCUT2D eigenvalue weighted by Crippen LogP contribution is -2.10. The monoisotopic (exact) mass is 285 g/mol. The van der Waals surface area contributed by atoms with Crippen LogP contribution < -0.4 is 10.1 Å². The topological polar surface area (TPSA) is 21.3 Å². The highest BCUT2D eigenvalue weighted by molar-refractivity contribution is 5.46. The summed E-state index contributed by atoms with van der Waals surface area (Å²) < 4.78 is 18.5. The average Bonchev–Trinajstić information content (AvgIpc) is 2.50. The van der Waals surface area contributed by atoms with Crippen molar-refractivity contribution in [3.8, 4) is 5.75 Å². The van der Waals surface area contributed by atoms with E-state index in [9.17, 15) is 4.39 Å². The number of anilines is 1. The second-order valence-electron chi connectivity index (χ2n) is 4.73. The van der Waals surface area contributed by atoms with Gasteiger partial charge in [-0.25, -0.2) is 4.39 Å². The van der Waals surface area contributed by atoms with Crippen LogP contribution in [0.1, 0.15) is 24.9 Å². The van der Waals surface area contributed by atoms with Crippen LogP contribution in [0.15, 0.2) is 61.2 Å². The molecule has 2 aromatic rings. The smallest absolute Gasteiger partial charge is 0.123 e. The second kappa shape index (κ2) is 7.48. The highest BCUT2D eigenvalue weighted by atomic mass is 19.1. The van der Waals surface area contributed by atoms with Gasteiger partial charge in [0.05, 0.1) is 12.6 Å². The van der Waals surface area contributed by atoms with E-state index in [2.05, 4.69) is 11.9 Å². The number of halogens is 1. The van der Waals surface area contributed by atoms with Crippen molar-refractivity contribution in [1.29, 1.82) is 0 Å². The van der Waals surface area contributed by atoms with E-state index in [1.165, 1.54) is 12.1 Å². The molecule has 0 aliphatic carbocycles. The summed E-state index contributed by atoms with van der Waals surface area (Å²) in [7, 11) is 0. The zero-order valence-corrected chi connectivity index (χ0v) is 12.2. The van der Waals surface area contributed by atoms with Gasteiger partial charge in [-0.05, 0) is 55.3 Å². The van der Waals surface area contributed by atoms with Gasteiger partial charge in [0.15, 0.2) is 0 Å². The van der Waals surface area contributed by atoms with Crippen molar-refractivity contribution >= 4 is 5.69 Å². The van der Waals surface area contributed by atoms with Crippen LogP contribution in [0.25, 0.3) is 0 Å². The Morgan fingerprint density at radius 1 is 1.24 bits per heavy atom. The molecule has 0 amide bonds. The minimum absolute atomic E-state index is 0.0772. The minimum Gasteiger partial charge on any atom is -0.494 e. The van der Waals surface area contributed by atoms with Crippen LogP contribution in [-0.4, -0.2) is 6.61 Å². The first-order valence-electron chi connectivity index (χ1n) is 7.08. The van der Waals surface area contributed by atoms with E-state index in [1.54, 1.807) is 12.1 Å². The Bertz CT molecular complexity index is 580. The molecule has 0 spiro atoms. The molecular weight excluding hydrogens is 265 g/mol. The van der Waals surface area contributed by atoms with Crippen molar-refractivity contribution in [2.75, 3.05) is 11.9 Å². The lowest BCUT2D eigenvalue weighted by Gasteiger charge is -2.20. The predicted octanol–water partition coefficient (Wildman–Crippen LogP) is 4.95. The molecule has 110 valence electrons. The van der Waals surface area contributed by atoms with Crippen LogP contribution in [0.3, 0.4) is 0 Å². The first kappa shape index (κ1) is 15.1. The molecule has 0 radical (unpaired) electrons. The van der Waals surface area contributed by atoms with Gasteiger partial charge in [-0.1, -0.05) is 18.2 Å². The second-order valence-corrected chi connectivity index (χ2v) is 4.73. The summed E-state index contributed by atoms with van der Waals surface area (Å²) >= 11 is 0. The van der Waals surface area contributed by atoms with Crippen molar-refractivity contribution in [2.24, 2.45) is 0 Å². The Labute approximate surface area is 125 Å². The van der Waals surface area contributed by atoms with Crippen LogP contribution in [0.4, 0.5) is 10.1 Å². The summed E-state index contributed by atoms with van der Waals surface area (Å²) in [5.74, 6) is 0.615. The third kappa shape index (κ3) is 4.35. The summed E-state index contributed by atoms with van der Waals surface area (Å²) in [4.78, 5) is 0. The van der Waals surface area contributed by atoms with Crippen molar-refractivity contribution in [1.82, 2.24) is 0 Å². The Balaban J connectivity index is 2.19. The molecule has 1 unspecified atom stereocenters. The number of benzene rings is 2. The maximum atomic E-state index is 13.0. The zero-order chi connectivity index (χ0) is 15.1. The fraction of sp³-hybridized carbons (Fsp3) is 0.222. The van der Waals surface area contributed by atoms with Crippen LogP contribution in [0.5, 0.6) is 5.75 Å². The van der Waals surface area contributed by atoms with Crippen LogP contribution in [0.2, 0.25) is 0 Å². The SMILES string of the molecule is C=CCC(Nc1ccc(F)cc1)c1cccc(OCC)c1. The molecule has 0 aromatic heterocycles. The van der Waals surface area contributed by atoms with Gasteiger partial charge in [-0.15, -0.1) is 6.58 Å². The highest BCUT2D eigenvalue weighted by Gasteiger charge is 2.11. The van der Waals surface area contributed by atoms with Crippen molar-refractivity contribution in [3.63, 3.8) is 0 Å². The van der Waals surface area contributed by atoms with E-state index in [4.69, 9.17) is 4.74 Å². The third-order valence-electron chi connectivity index (χ3n) is 3.16. The van der Waals surface area contributed by atoms with Gasteiger partial charge in [-0.3, -0.25) is 0 Å². The molecule has 0 saturated heterocycles. The molecular formula is C18H20FNO.